The number of nitrogens with zero attached hydrogens (tertiary/aromatic N) is 4. The topological polar surface area (TPSA) is 66.6 Å². The van der Waals surface area contributed by atoms with Gasteiger partial charge in [-0.2, -0.15) is 0 Å². The van der Waals surface area contributed by atoms with E-state index in [-0.39, 0.29) is 24.0 Å². The lowest BCUT2D eigenvalue weighted by atomic mass is 10.3. The van der Waals surface area contributed by atoms with E-state index in [4.69, 9.17) is 0 Å². The van der Waals surface area contributed by atoms with Crippen molar-refractivity contribution in [2.45, 2.75) is 33.2 Å². The second kappa shape index (κ2) is 10.5. The zero-order chi connectivity index (χ0) is 17.5. The van der Waals surface area contributed by atoms with Crippen LogP contribution < -0.4 is 10.6 Å². The van der Waals surface area contributed by atoms with E-state index in [0.717, 1.165) is 43.4 Å². The molecule has 0 amide bonds. The second-order valence-corrected chi connectivity index (χ2v) is 6.89. The lowest BCUT2D eigenvalue weighted by Crippen LogP contribution is -2.38. The van der Waals surface area contributed by atoms with Crippen LogP contribution in [0.25, 0.3) is 5.65 Å². The average molecular weight is 484 g/mol. The number of halogens is 1. The molecule has 0 radical (unpaired) electrons. The Labute approximate surface area is 175 Å². The first-order valence-corrected chi connectivity index (χ1v) is 9.50. The Morgan fingerprint density at radius 2 is 1.96 bits per heavy atom. The number of aliphatic imine (C=N–C) groups is 1. The summed E-state index contributed by atoms with van der Waals surface area (Å²) in [7, 11) is 0. The Bertz CT molecular complexity index is 841. The highest BCUT2D eigenvalue weighted by Crippen LogP contribution is 2.17. The van der Waals surface area contributed by atoms with E-state index in [9.17, 15) is 0 Å². The monoisotopic (exact) mass is 484 g/mol. The summed E-state index contributed by atoms with van der Waals surface area (Å²) >= 11 is 1.83. The van der Waals surface area contributed by atoms with Gasteiger partial charge in [0, 0.05) is 35.5 Å². The molecule has 0 bridgehead atoms. The van der Waals surface area contributed by atoms with Gasteiger partial charge in [-0.25, -0.2) is 4.99 Å². The number of thiophene rings is 1. The summed E-state index contributed by atoms with van der Waals surface area (Å²) in [4.78, 5) is 7.37. The number of aryl methyl sites for hydroxylation is 1. The summed E-state index contributed by atoms with van der Waals surface area (Å²) in [6.07, 6.45) is 3.86. The Hall–Kier alpha value is -1.68. The third kappa shape index (κ3) is 5.41. The summed E-state index contributed by atoms with van der Waals surface area (Å²) in [5.41, 5.74) is 0.877. The SMILES string of the molecule is CCNC(=NCc1ccc(CC)s1)NCCc1nnc2ccccn12.I. The fourth-order valence-electron chi connectivity index (χ4n) is 2.55. The van der Waals surface area contributed by atoms with Crippen LogP contribution in [-0.4, -0.2) is 33.6 Å². The van der Waals surface area contributed by atoms with Gasteiger partial charge in [-0.05, 0) is 37.6 Å². The van der Waals surface area contributed by atoms with Crippen molar-refractivity contribution in [3.63, 3.8) is 0 Å². The van der Waals surface area contributed by atoms with Crippen LogP contribution in [0, 0.1) is 0 Å². The molecule has 0 unspecified atom stereocenters. The Morgan fingerprint density at radius 3 is 2.73 bits per heavy atom. The molecule has 0 fully saturated rings. The highest BCUT2D eigenvalue weighted by molar-refractivity contribution is 14.0. The number of nitrogens with one attached hydrogen (secondary N) is 2. The van der Waals surface area contributed by atoms with Gasteiger partial charge in [0.05, 0.1) is 6.54 Å². The van der Waals surface area contributed by atoms with Gasteiger partial charge in [-0.3, -0.25) is 4.40 Å². The minimum Gasteiger partial charge on any atom is -0.357 e. The minimum absolute atomic E-state index is 0. The van der Waals surface area contributed by atoms with Gasteiger partial charge in [0.1, 0.15) is 5.82 Å². The first kappa shape index (κ1) is 20.6. The number of guanidine groups is 1. The molecule has 0 aliphatic heterocycles. The number of fused-ring (bicyclic) bond motifs is 1. The molecule has 3 heterocycles. The van der Waals surface area contributed by atoms with Crippen molar-refractivity contribution in [1.29, 1.82) is 0 Å². The molecule has 3 aromatic rings. The van der Waals surface area contributed by atoms with Crippen LogP contribution >= 0.6 is 35.3 Å². The maximum absolute atomic E-state index is 4.67. The molecule has 0 spiro atoms. The average Bonchev–Trinajstić information content (AvgIpc) is 3.26. The normalized spacial score (nSPS) is 11.4. The third-order valence-corrected chi connectivity index (χ3v) is 5.04. The number of aromatic nitrogens is 3. The molecule has 0 saturated heterocycles. The van der Waals surface area contributed by atoms with Crippen LogP contribution in [0.4, 0.5) is 0 Å². The molecule has 0 aliphatic carbocycles. The van der Waals surface area contributed by atoms with Gasteiger partial charge in [0.2, 0.25) is 0 Å². The summed E-state index contributed by atoms with van der Waals surface area (Å²) in [5.74, 6) is 1.78. The van der Waals surface area contributed by atoms with Crippen molar-refractivity contribution < 1.29 is 0 Å². The lowest BCUT2D eigenvalue weighted by molar-refractivity contribution is 0.764. The molecule has 3 rings (SSSR count). The summed E-state index contributed by atoms with van der Waals surface area (Å²) in [5, 5.41) is 15.1. The number of pyridine rings is 1. The van der Waals surface area contributed by atoms with Crippen LogP contribution in [0.3, 0.4) is 0 Å². The molecule has 0 aliphatic rings. The second-order valence-electron chi connectivity index (χ2n) is 5.64. The summed E-state index contributed by atoms with van der Waals surface area (Å²) < 4.78 is 2.02. The van der Waals surface area contributed by atoms with Crippen LogP contribution in [-0.2, 0) is 19.4 Å². The summed E-state index contributed by atoms with van der Waals surface area (Å²) in [6, 6.07) is 10.3. The molecule has 140 valence electrons. The van der Waals surface area contributed by atoms with E-state index in [2.05, 4.69) is 51.8 Å². The van der Waals surface area contributed by atoms with Gasteiger partial charge < -0.3 is 10.6 Å². The molecule has 3 aromatic heterocycles. The van der Waals surface area contributed by atoms with Crippen molar-refractivity contribution in [3.05, 3.63) is 52.1 Å². The summed E-state index contributed by atoms with van der Waals surface area (Å²) in [6.45, 7) is 6.55. The highest BCUT2D eigenvalue weighted by atomic mass is 127. The zero-order valence-electron chi connectivity index (χ0n) is 15.1. The first-order valence-electron chi connectivity index (χ1n) is 8.68. The van der Waals surface area contributed by atoms with E-state index in [1.807, 2.05) is 40.1 Å². The van der Waals surface area contributed by atoms with Gasteiger partial charge >= 0.3 is 0 Å². The Kier molecular flexibility index (Phi) is 8.30. The number of hydrogen-bond acceptors (Lipinski definition) is 4. The maximum atomic E-state index is 4.67. The predicted molar refractivity (Wildman–Crippen MR) is 119 cm³/mol. The molecule has 0 aromatic carbocycles. The van der Waals surface area contributed by atoms with E-state index < -0.39 is 0 Å². The molecule has 6 nitrogen and oxygen atoms in total. The third-order valence-electron chi connectivity index (χ3n) is 3.83. The minimum atomic E-state index is 0. The van der Waals surface area contributed by atoms with E-state index in [0.29, 0.717) is 6.54 Å². The van der Waals surface area contributed by atoms with Crippen molar-refractivity contribution in [2.24, 2.45) is 4.99 Å². The molecule has 26 heavy (non-hydrogen) atoms. The van der Waals surface area contributed by atoms with Crippen molar-refractivity contribution >= 4 is 46.9 Å². The molecular formula is C18H25IN6S. The van der Waals surface area contributed by atoms with Crippen LogP contribution in [0.2, 0.25) is 0 Å². The number of hydrogen-bond donors (Lipinski definition) is 2. The molecule has 0 atom stereocenters. The maximum Gasteiger partial charge on any atom is 0.191 e. The van der Waals surface area contributed by atoms with Gasteiger partial charge in [0.25, 0.3) is 0 Å². The number of rotatable bonds is 7. The van der Waals surface area contributed by atoms with Crippen molar-refractivity contribution in [1.82, 2.24) is 25.2 Å². The molecule has 0 saturated carbocycles. The molecular weight excluding hydrogens is 459 g/mol. The Morgan fingerprint density at radius 1 is 1.12 bits per heavy atom. The van der Waals surface area contributed by atoms with E-state index in [1.165, 1.54) is 9.75 Å². The fraction of sp³-hybridized carbons (Fsp3) is 0.389. The van der Waals surface area contributed by atoms with Crippen LogP contribution in [0.5, 0.6) is 0 Å². The van der Waals surface area contributed by atoms with E-state index in [1.54, 1.807) is 0 Å². The quantitative estimate of drug-likeness (QED) is 0.307. The largest absolute Gasteiger partial charge is 0.357 e. The van der Waals surface area contributed by atoms with Crippen LogP contribution in [0.1, 0.15) is 29.4 Å². The van der Waals surface area contributed by atoms with Crippen molar-refractivity contribution in [3.8, 4) is 0 Å². The zero-order valence-corrected chi connectivity index (χ0v) is 18.3. The van der Waals surface area contributed by atoms with Gasteiger partial charge in [0.15, 0.2) is 11.6 Å². The first-order chi connectivity index (χ1) is 12.3. The van der Waals surface area contributed by atoms with Crippen LogP contribution in [0.15, 0.2) is 41.5 Å². The predicted octanol–water partition coefficient (Wildman–Crippen LogP) is 3.27. The van der Waals surface area contributed by atoms with Crippen molar-refractivity contribution in [2.75, 3.05) is 13.1 Å². The van der Waals surface area contributed by atoms with E-state index >= 15 is 0 Å². The smallest absolute Gasteiger partial charge is 0.191 e. The standard InChI is InChI=1S/C18H24N6S.HI/c1-3-14-8-9-15(25-14)13-21-18(19-4-2)20-11-10-17-23-22-16-7-5-6-12-24(16)17;/h5-9,12H,3-4,10-11,13H2,1-2H3,(H2,19,20,21);1H. The fourth-order valence-corrected chi connectivity index (χ4v) is 3.43. The molecule has 2 N–H and O–H groups in total. The lowest BCUT2D eigenvalue weighted by Gasteiger charge is -2.10. The van der Waals surface area contributed by atoms with Gasteiger partial charge in [-0.15, -0.1) is 45.5 Å². The highest BCUT2D eigenvalue weighted by Gasteiger charge is 2.05. The van der Waals surface area contributed by atoms with Gasteiger partial charge in [-0.1, -0.05) is 13.0 Å². The Balaban J connectivity index is 0.00000243. The molecule has 8 heteroatoms.